The minimum absolute atomic E-state index is 0.200. The number of aromatic nitrogens is 1. The molecule has 0 atom stereocenters. The van der Waals surface area contributed by atoms with Crippen LogP contribution in [0.5, 0.6) is 0 Å². The van der Waals surface area contributed by atoms with Crippen LogP contribution in [0, 0.1) is 5.82 Å². The maximum absolute atomic E-state index is 12.9. The van der Waals surface area contributed by atoms with Gasteiger partial charge in [0.2, 0.25) is 0 Å². The molecule has 1 heterocycles. The fourth-order valence-electron chi connectivity index (χ4n) is 1.31. The Morgan fingerprint density at radius 3 is 3.00 bits per heavy atom. The van der Waals surface area contributed by atoms with Gasteiger partial charge in [0.05, 0.1) is 10.2 Å². The van der Waals surface area contributed by atoms with E-state index in [1.165, 1.54) is 23.5 Å². The minimum Gasteiger partial charge on any atom is -0.308 e. The van der Waals surface area contributed by atoms with E-state index >= 15 is 0 Å². The van der Waals surface area contributed by atoms with Gasteiger partial charge in [-0.3, -0.25) is 0 Å². The standard InChI is InChI=1S/C11H13FN2S/c1-7(2)13-6-11-14-9-4-3-8(12)5-10(9)15-11/h3-5,7,13H,6H2,1-2H3. The van der Waals surface area contributed by atoms with Crippen molar-refractivity contribution < 1.29 is 4.39 Å². The van der Waals surface area contributed by atoms with Crippen LogP contribution in [0.15, 0.2) is 18.2 Å². The highest BCUT2D eigenvalue weighted by Crippen LogP contribution is 2.22. The van der Waals surface area contributed by atoms with E-state index in [0.717, 1.165) is 21.8 Å². The van der Waals surface area contributed by atoms with Gasteiger partial charge in [0.25, 0.3) is 0 Å². The lowest BCUT2D eigenvalue weighted by molar-refractivity contribution is 0.588. The van der Waals surface area contributed by atoms with Crippen LogP contribution in [-0.4, -0.2) is 11.0 Å². The molecular weight excluding hydrogens is 211 g/mol. The predicted molar refractivity (Wildman–Crippen MR) is 61.6 cm³/mol. The van der Waals surface area contributed by atoms with Gasteiger partial charge in [-0.15, -0.1) is 11.3 Å². The largest absolute Gasteiger partial charge is 0.308 e. The summed E-state index contributed by atoms with van der Waals surface area (Å²) in [5, 5.41) is 4.30. The quantitative estimate of drug-likeness (QED) is 0.867. The molecule has 15 heavy (non-hydrogen) atoms. The Balaban J connectivity index is 2.23. The minimum atomic E-state index is -0.200. The lowest BCUT2D eigenvalue weighted by atomic mass is 10.3. The van der Waals surface area contributed by atoms with Crippen LogP contribution in [0.3, 0.4) is 0 Å². The van der Waals surface area contributed by atoms with E-state index in [0.29, 0.717) is 6.04 Å². The molecule has 0 aliphatic carbocycles. The molecular formula is C11H13FN2S. The van der Waals surface area contributed by atoms with Crippen molar-refractivity contribution in [3.63, 3.8) is 0 Å². The van der Waals surface area contributed by atoms with E-state index < -0.39 is 0 Å². The molecule has 0 radical (unpaired) electrons. The van der Waals surface area contributed by atoms with E-state index in [1.807, 2.05) is 0 Å². The third kappa shape index (κ3) is 2.52. The molecule has 1 aromatic carbocycles. The highest BCUT2D eigenvalue weighted by molar-refractivity contribution is 7.18. The first kappa shape index (κ1) is 10.5. The molecule has 0 aliphatic heterocycles. The Morgan fingerprint density at radius 1 is 1.47 bits per heavy atom. The van der Waals surface area contributed by atoms with Crippen molar-refractivity contribution in [3.05, 3.63) is 29.0 Å². The highest BCUT2D eigenvalue weighted by Gasteiger charge is 2.04. The molecule has 80 valence electrons. The fraction of sp³-hybridized carbons (Fsp3) is 0.364. The van der Waals surface area contributed by atoms with Crippen molar-refractivity contribution in [1.82, 2.24) is 10.3 Å². The van der Waals surface area contributed by atoms with Crippen molar-refractivity contribution in [2.45, 2.75) is 26.4 Å². The average Bonchev–Trinajstić information content (AvgIpc) is 2.56. The van der Waals surface area contributed by atoms with Gasteiger partial charge in [0.15, 0.2) is 0 Å². The SMILES string of the molecule is CC(C)NCc1nc2ccc(F)cc2s1. The Morgan fingerprint density at radius 2 is 2.27 bits per heavy atom. The molecule has 0 unspecified atom stereocenters. The first-order chi connectivity index (χ1) is 7.15. The molecule has 0 spiro atoms. The molecule has 2 nitrogen and oxygen atoms in total. The van der Waals surface area contributed by atoms with Gasteiger partial charge >= 0.3 is 0 Å². The van der Waals surface area contributed by atoms with Crippen LogP contribution < -0.4 is 5.32 Å². The lowest BCUT2D eigenvalue weighted by Crippen LogP contribution is -2.21. The van der Waals surface area contributed by atoms with Gasteiger partial charge in [-0.2, -0.15) is 0 Å². The number of hydrogen-bond donors (Lipinski definition) is 1. The van der Waals surface area contributed by atoms with Crippen molar-refractivity contribution in [3.8, 4) is 0 Å². The van der Waals surface area contributed by atoms with Crippen LogP contribution in [-0.2, 0) is 6.54 Å². The number of thiazole rings is 1. The topological polar surface area (TPSA) is 24.9 Å². The van der Waals surface area contributed by atoms with E-state index in [4.69, 9.17) is 0 Å². The molecule has 0 saturated carbocycles. The van der Waals surface area contributed by atoms with Crippen LogP contribution >= 0.6 is 11.3 Å². The van der Waals surface area contributed by atoms with E-state index in [1.54, 1.807) is 6.07 Å². The number of hydrogen-bond acceptors (Lipinski definition) is 3. The molecule has 0 fully saturated rings. The number of benzene rings is 1. The zero-order valence-electron chi connectivity index (χ0n) is 8.75. The smallest absolute Gasteiger partial charge is 0.124 e. The summed E-state index contributed by atoms with van der Waals surface area (Å²) in [5.41, 5.74) is 0.877. The second-order valence-electron chi connectivity index (χ2n) is 3.76. The number of nitrogens with zero attached hydrogens (tertiary/aromatic N) is 1. The molecule has 1 N–H and O–H groups in total. The first-order valence-corrected chi connectivity index (χ1v) is 5.75. The maximum atomic E-state index is 12.9. The Kier molecular flexibility index (Phi) is 2.98. The zero-order valence-corrected chi connectivity index (χ0v) is 9.57. The third-order valence-electron chi connectivity index (χ3n) is 2.06. The fourth-order valence-corrected chi connectivity index (χ4v) is 2.26. The predicted octanol–water partition coefficient (Wildman–Crippen LogP) is 2.93. The Bertz CT molecular complexity index is 465. The molecule has 4 heteroatoms. The molecule has 2 rings (SSSR count). The van der Waals surface area contributed by atoms with Gasteiger partial charge in [-0.1, -0.05) is 13.8 Å². The summed E-state index contributed by atoms with van der Waals surface area (Å²) >= 11 is 1.54. The van der Waals surface area contributed by atoms with E-state index in [-0.39, 0.29) is 5.82 Å². The van der Waals surface area contributed by atoms with E-state index in [9.17, 15) is 4.39 Å². The van der Waals surface area contributed by atoms with Crippen LogP contribution in [0.2, 0.25) is 0 Å². The molecule has 2 aromatic rings. The monoisotopic (exact) mass is 224 g/mol. The van der Waals surface area contributed by atoms with Gasteiger partial charge in [-0.25, -0.2) is 9.37 Å². The molecule has 0 bridgehead atoms. The van der Waals surface area contributed by atoms with Gasteiger partial charge in [0.1, 0.15) is 10.8 Å². The highest BCUT2D eigenvalue weighted by atomic mass is 32.1. The number of nitrogens with one attached hydrogen (secondary N) is 1. The van der Waals surface area contributed by atoms with Crippen LogP contribution in [0.4, 0.5) is 4.39 Å². The third-order valence-corrected chi connectivity index (χ3v) is 3.07. The summed E-state index contributed by atoms with van der Waals surface area (Å²) in [6.45, 7) is 4.93. The molecule has 0 amide bonds. The van der Waals surface area contributed by atoms with Gasteiger partial charge < -0.3 is 5.32 Å². The van der Waals surface area contributed by atoms with Crippen LogP contribution in [0.1, 0.15) is 18.9 Å². The second kappa shape index (κ2) is 4.24. The first-order valence-electron chi connectivity index (χ1n) is 4.93. The summed E-state index contributed by atoms with van der Waals surface area (Å²) in [6.07, 6.45) is 0. The van der Waals surface area contributed by atoms with Gasteiger partial charge in [-0.05, 0) is 18.2 Å². The lowest BCUT2D eigenvalue weighted by Gasteiger charge is -2.04. The van der Waals surface area contributed by atoms with Gasteiger partial charge in [0, 0.05) is 12.6 Å². The van der Waals surface area contributed by atoms with Crippen molar-refractivity contribution in [2.24, 2.45) is 0 Å². The number of rotatable bonds is 3. The second-order valence-corrected chi connectivity index (χ2v) is 4.87. The maximum Gasteiger partial charge on any atom is 0.124 e. The summed E-state index contributed by atoms with van der Waals surface area (Å²) in [4.78, 5) is 4.42. The summed E-state index contributed by atoms with van der Waals surface area (Å²) in [6, 6.07) is 5.14. The summed E-state index contributed by atoms with van der Waals surface area (Å²) in [5.74, 6) is -0.200. The zero-order chi connectivity index (χ0) is 10.8. The number of fused-ring (bicyclic) bond motifs is 1. The summed E-state index contributed by atoms with van der Waals surface area (Å²) in [7, 11) is 0. The Labute approximate surface area is 92.1 Å². The van der Waals surface area contributed by atoms with Crippen molar-refractivity contribution >= 4 is 21.6 Å². The van der Waals surface area contributed by atoms with Crippen molar-refractivity contribution in [1.29, 1.82) is 0 Å². The Hall–Kier alpha value is -1.000. The number of halogens is 1. The van der Waals surface area contributed by atoms with Crippen molar-refractivity contribution in [2.75, 3.05) is 0 Å². The summed E-state index contributed by atoms with van der Waals surface area (Å²) < 4.78 is 13.8. The molecule has 1 aromatic heterocycles. The van der Waals surface area contributed by atoms with E-state index in [2.05, 4.69) is 24.1 Å². The average molecular weight is 224 g/mol. The molecule has 0 saturated heterocycles. The molecule has 0 aliphatic rings. The van der Waals surface area contributed by atoms with Crippen LogP contribution in [0.25, 0.3) is 10.2 Å². The normalized spacial score (nSPS) is 11.5.